The summed E-state index contributed by atoms with van der Waals surface area (Å²) in [7, 11) is 0. The summed E-state index contributed by atoms with van der Waals surface area (Å²) in [5.41, 5.74) is 0. The van der Waals surface area contributed by atoms with Gasteiger partial charge in [-0.15, -0.1) is 0 Å². The van der Waals surface area contributed by atoms with Crippen LogP contribution in [0.5, 0.6) is 0 Å². The zero-order valence-corrected chi connectivity index (χ0v) is 8.07. The van der Waals surface area contributed by atoms with Gasteiger partial charge >= 0.3 is 5.97 Å². The third kappa shape index (κ3) is 2.69. The van der Waals surface area contributed by atoms with Gasteiger partial charge in [0.2, 0.25) is 0 Å². The average molecular weight is 186 g/mol. The van der Waals surface area contributed by atoms with E-state index in [0.717, 1.165) is 25.7 Å². The summed E-state index contributed by atoms with van der Waals surface area (Å²) in [5.74, 6) is -0.595. The number of aliphatic carboxylic acids is 1. The van der Waals surface area contributed by atoms with Crippen LogP contribution in [0.3, 0.4) is 0 Å². The molecule has 1 aliphatic rings. The van der Waals surface area contributed by atoms with Gasteiger partial charge in [-0.05, 0) is 38.0 Å². The zero-order chi connectivity index (χ0) is 9.84. The molecule has 0 heterocycles. The van der Waals surface area contributed by atoms with Gasteiger partial charge in [-0.3, -0.25) is 4.79 Å². The van der Waals surface area contributed by atoms with Crippen LogP contribution in [0.1, 0.15) is 39.0 Å². The van der Waals surface area contributed by atoms with Gasteiger partial charge in [0, 0.05) is 0 Å². The third-order valence-electron chi connectivity index (χ3n) is 3.07. The lowest BCUT2D eigenvalue weighted by Crippen LogP contribution is -2.28. The highest BCUT2D eigenvalue weighted by Crippen LogP contribution is 2.31. The average Bonchev–Trinajstić information content (AvgIpc) is 2.09. The van der Waals surface area contributed by atoms with E-state index in [-0.39, 0.29) is 17.9 Å². The van der Waals surface area contributed by atoms with Gasteiger partial charge in [0.1, 0.15) is 0 Å². The fourth-order valence-electron chi connectivity index (χ4n) is 2.21. The second-order valence-corrected chi connectivity index (χ2v) is 3.92. The van der Waals surface area contributed by atoms with E-state index in [1.807, 2.05) is 6.92 Å². The minimum absolute atomic E-state index is 0.192. The molecule has 1 atom stereocenters. The molecule has 0 aliphatic heterocycles. The van der Waals surface area contributed by atoms with Gasteiger partial charge < -0.3 is 10.2 Å². The van der Waals surface area contributed by atoms with Crippen molar-refractivity contribution >= 4 is 5.97 Å². The van der Waals surface area contributed by atoms with Crippen LogP contribution in [0.15, 0.2) is 0 Å². The first-order valence-electron chi connectivity index (χ1n) is 5.06. The maximum absolute atomic E-state index is 10.8. The molecule has 1 rings (SSSR count). The van der Waals surface area contributed by atoms with Gasteiger partial charge in [0.05, 0.1) is 12.0 Å². The Hall–Kier alpha value is -0.570. The maximum atomic E-state index is 10.8. The smallest absolute Gasteiger partial charge is 0.306 e. The molecular weight excluding hydrogens is 168 g/mol. The number of carboxylic acids is 1. The van der Waals surface area contributed by atoms with Gasteiger partial charge in [-0.1, -0.05) is 6.92 Å². The van der Waals surface area contributed by atoms with Crippen LogP contribution in [0, 0.1) is 11.8 Å². The Balaban J connectivity index is 2.46. The summed E-state index contributed by atoms with van der Waals surface area (Å²) in [6, 6.07) is 0. The lowest BCUT2D eigenvalue weighted by Gasteiger charge is -2.29. The molecule has 2 N–H and O–H groups in total. The number of rotatable bonds is 3. The third-order valence-corrected chi connectivity index (χ3v) is 3.07. The van der Waals surface area contributed by atoms with Crippen LogP contribution in [0.2, 0.25) is 0 Å². The van der Waals surface area contributed by atoms with E-state index in [1.54, 1.807) is 0 Å². The van der Waals surface area contributed by atoms with Crippen LogP contribution in [-0.4, -0.2) is 22.3 Å². The molecule has 0 unspecified atom stereocenters. The second-order valence-electron chi connectivity index (χ2n) is 3.92. The summed E-state index contributed by atoms with van der Waals surface area (Å²) in [4.78, 5) is 10.8. The summed E-state index contributed by atoms with van der Waals surface area (Å²) in [5, 5.41) is 18.2. The first-order chi connectivity index (χ1) is 6.15. The number of aliphatic hydroxyl groups excluding tert-OH is 1. The standard InChI is InChI=1S/C10H18O3/c1-2-9(10(12)13)7-3-5-8(11)6-4-7/h7-9,11H,2-6H2,1H3,(H,12,13)/t7?,8?,9-/m1/s1. The molecule has 76 valence electrons. The van der Waals surface area contributed by atoms with Crippen molar-refractivity contribution in [2.45, 2.75) is 45.1 Å². The SMILES string of the molecule is CC[C@@H](C(=O)O)C1CCC(O)CC1. The van der Waals surface area contributed by atoms with E-state index >= 15 is 0 Å². The highest BCUT2D eigenvalue weighted by Gasteiger charge is 2.29. The largest absolute Gasteiger partial charge is 0.481 e. The normalized spacial score (nSPS) is 31.2. The molecule has 0 bridgehead atoms. The maximum Gasteiger partial charge on any atom is 0.306 e. The Morgan fingerprint density at radius 3 is 2.31 bits per heavy atom. The number of carboxylic acid groups (broad SMARTS) is 1. The summed E-state index contributed by atoms with van der Waals surface area (Å²) < 4.78 is 0. The minimum atomic E-state index is -0.677. The lowest BCUT2D eigenvalue weighted by atomic mass is 9.78. The van der Waals surface area contributed by atoms with E-state index in [0.29, 0.717) is 6.42 Å². The van der Waals surface area contributed by atoms with Gasteiger partial charge in [0.15, 0.2) is 0 Å². The van der Waals surface area contributed by atoms with Crippen LogP contribution >= 0.6 is 0 Å². The van der Waals surface area contributed by atoms with Crippen molar-refractivity contribution in [1.29, 1.82) is 0 Å². The van der Waals surface area contributed by atoms with Crippen molar-refractivity contribution < 1.29 is 15.0 Å². The van der Waals surface area contributed by atoms with Gasteiger partial charge in [-0.25, -0.2) is 0 Å². The van der Waals surface area contributed by atoms with E-state index in [4.69, 9.17) is 5.11 Å². The first kappa shape index (κ1) is 10.5. The predicted octanol–water partition coefficient (Wildman–Crippen LogP) is 1.65. The molecule has 0 aromatic rings. The first-order valence-corrected chi connectivity index (χ1v) is 5.06. The number of hydrogen-bond donors (Lipinski definition) is 2. The van der Waals surface area contributed by atoms with Crippen molar-refractivity contribution in [2.24, 2.45) is 11.8 Å². The Kier molecular flexibility index (Phi) is 3.72. The molecule has 1 fully saturated rings. The van der Waals surface area contributed by atoms with Crippen molar-refractivity contribution in [2.75, 3.05) is 0 Å². The van der Waals surface area contributed by atoms with Crippen molar-refractivity contribution in [3.05, 3.63) is 0 Å². The molecule has 1 saturated carbocycles. The Bertz CT molecular complexity index is 171. The highest BCUT2D eigenvalue weighted by atomic mass is 16.4. The molecule has 0 saturated heterocycles. The summed E-state index contributed by atoms with van der Waals surface area (Å²) >= 11 is 0. The Labute approximate surface area is 78.8 Å². The van der Waals surface area contributed by atoms with Crippen LogP contribution < -0.4 is 0 Å². The molecule has 0 aromatic carbocycles. The molecule has 1 aliphatic carbocycles. The van der Waals surface area contributed by atoms with Gasteiger partial charge in [0.25, 0.3) is 0 Å². The fourth-order valence-corrected chi connectivity index (χ4v) is 2.21. The Morgan fingerprint density at radius 2 is 1.92 bits per heavy atom. The van der Waals surface area contributed by atoms with Crippen LogP contribution in [0.4, 0.5) is 0 Å². The Morgan fingerprint density at radius 1 is 1.38 bits per heavy atom. The van der Waals surface area contributed by atoms with Gasteiger partial charge in [-0.2, -0.15) is 0 Å². The minimum Gasteiger partial charge on any atom is -0.481 e. The summed E-state index contributed by atoms with van der Waals surface area (Å²) in [6.45, 7) is 1.92. The van der Waals surface area contributed by atoms with Crippen LogP contribution in [-0.2, 0) is 4.79 Å². The molecule has 3 nitrogen and oxygen atoms in total. The van der Waals surface area contributed by atoms with Crippen LogP contribution in [0.25, 0.3) is 0 Å². The predicted molar refractivity (Wildman–Crippen MR) is 49.4 cm³/mol. The lowest BCUT2D eigenvalue weighted by molar-refractivity contribution is -0.144. The second kappa shape index (κ2) is 4.61. The molecular formula is C10H18O3. The molecule has 0 radical (unpaired) electrons. The molecule has 0 amide bonds. The number of hydrogen-bond acceptors (Lipinski definition) is 2. The van der Waals surface area contributed by atoms with E-state index in [2.05, 4.69) is 0 Å². The highest BCUT2D eigenvalue weighted by molar-refractivity contribution is 5.70. The monoisotopic (exact) mass is 186 g/mol. The molecule has 13 heavy (non-hydrogen) atoms. The topological polar surface area (TPSA) is 57.5 Å². The zero-order valence-electron chi connectivity index (χ0n) is 8.07. The van der Waals surface area contributed by atoms with E-state index < -0.39 is 5.97 Å². The fraction of sp³-hybridized carbons (Fsp3) is 0.900. The number of aliphatic hydroxyl groups is 1. The quantitative estimate of drug-likeness (QED) is 0.704. The van der Waals surface area contributed by atoms with Crippen molar-refractivity contribution in [1.82, 2.24) is 0 Å². The molecule has 0 spiro atoms. The molecule has 0 aromatic heterocycles. The molecule has 3 heteroatoms. The van der Waals surface area contributed by atoms with Crippen molar-refractivity contribution in [3.8, 4) is 0 Å². The van der Waals surface area contributed by atoms with E-state index in [9.17, 15) is 9.90 Å². The van der Waals surface area contributed by atoms with Crippen molar-refractivity contribution in [3.63, 3.8) is 0 Å². The van der Waals surface area contributed by atoms with E-state index in [1.165, 1.54) is 0 Å². The number of carbonyl (C=O) groups is 1. The summed E-state index contributed by atoms with van der Waals surface area (Å²) in [6.07, 6.45) is 3.79.